The zero-order chi connectivity index (χ0) is 19.5. The van der Waals surface area contributed by atoms with Crippen molar-refractivity contribution >= 4 is 11.6 Å². The predicted octanol–water partition coefficient (Wildman–Crippen LogP) is 2.35. The van der Waals surface area contributed by atoms with Crippen molar-refractivity contribution in [3.8, 4) is 5.95 Å². The van der Waals surface area contributed by atoms with Crippen molar-refractivity contribution in [2.45, 2.75) is 50.6 Å². The molecule has 28 heavy (non-hydrogen) atoms. The highest BCUT2D eigenvalue weighted by molar-refractivity contribution is 5.53. The summed E-state index contributed by atoms with van der Waals surface area (Å²) < 4.78 is 28.6. The van der Waals surface area contributed by atoms with Gasteiger partial charge in [0, 0.05) is 50.3 Å². The lowest BCUT2D eigenvalue weighted by molar-refractivity contribution is -0.0361. The number of nitrogens with zero attached hydrogens (tertiary/aromatic N) is 5. The van der Waals surface area contributed by atoms with Crippen LogP contribution in [0.1, 0.15) is 31.4 Å². The van der Waals surface area contributed by atoms with Crippen LogP contribution < -0.4 is 16.0 Å². The molecule has 2 saturated carbocycles. The Hall–Kier alpha value is -2.29. The molecule has 3 fully saturated rings. The van der Waals surface area contributed by atoms with E-state index >= 15 is 0 Å². The Kier molecular flexibility index (Phi) is 4.04. The van der Waals surface area contributed by atoms with E-state index in [1.54, 1.807) is 4.68 Å². The number of hydrogen-bond acceptors (Lipinski definition) is 6. The molecule has 0 aromatic carbocycles. The summed E-state index contributed by atoms with van der Waals surface area (Å²) in [5.74, 6) is 0.528. The molecule has 2 aromatic heterocycles. The van der Waals surface area contributed by atoms with Crippen LogP contribution >= 0.6 is 0 Å². The minimum atomic E-state index is -2.54. The van der Waals surface area contributed by atoms with Crippen molar-refractivity contribution in [2.75, 3.05) is 23.3 Å². The molecule has 0 bridgehead atoms. The maximum atomic E-state index is 13.5. The molecular formula is C19H25F2N7. The van der Waals surface area contributed by atoms with Gasteiger partial charge in [-0.1, -0.05) is 0 Å². The van der Waals surface area contributed by atoms with Gasteiger partial charge in [-0.2, -0.15) is 15.1 Å². The van der Waals surface area contributed by atoms with E-state index in [9.17, 15) is 8.78 Å². The number of alkyl halides is 2. The van der Waals surface area contributed by atoms with Gasteiger partial charge in [0.2, 0.25) is 5.92 Å². The zero-order valence-electron chi connectivity index (χ0n) is 15.9. The summed E-state index contributed by atoms with van der Waals surface area (Å²) in [6.45, 7) is 3.71. The van der Waals surface area contributed by atoms with Crippen LogP contribution in [0.5, 0.6) is 0 Å². The average Bonchev–Trinajstić information content (AvgIpc) is 3.06. The van der Waals surface area contributed by atoms with E-state index in [0.29, 0.717) is 42.5 Å². The van der Waals surface area contributed by atoms with Crippen molar-refractivity contribution in [3.63, 3.8) is 0 Å². The van der Waals surface area contributed by atoms with Gasteiger partial charge in [0.05, 0.1) is 5.69 Å². The lowest BCUT2D eigenvalue weighted by Gasteiger charge is -2.29. The molecule has 150 valence electrons. The number of fused-ring (bicyclic) bond motifs is 1. The lowest BCUT2D eigenvalue weighted by atomic mass is 9.92. The highest BCUT2D eigenvalue weighted by atomic mass is 19.3. The maximum absolute atomic E-state index is 13.5. The minimum absolute atomic E-state index is 0.00464. The Labute approximate surface area is 162 Å². The second-order valence-corrected chi connectivity index (χ2v) is 8.40. The third-order valence-corrected chi connectivity index (χ3v) is 6.28. The molecule has 5 rings (SSSR count). The van der Waals surface area contributed by atoms with Crippen LogP contribution in [-0.4, -0.2) is 50.8 Å². The summed E-state index contributed by atoms with van der Waals surface area (Å²) in [5, 5.41) is 7.77. The molecule has 2 atom stereocenters. The Morgan fingerprint density at radius 3 is 2.54 bits per heavy atom. The van der Waals surface area contributed by atoms with Gasteiger partial charge in [-0.3, -0.25) is 0 Å². The number of piperidine rings is 1. The second-order valence-electron chi connectivity index (χ2n) is 8.40. The van der Waals surface area contributed by atoms with Crippen LogP contribution in [0.25, 0.3) is 5.95 Å². The Bertz CT molecular complexity index is 861. The zero-order valence-corrected chi connectivity index (χ0v) is 15.9. The number of nitrogens with two attached hydrogens (primary N) is 1. The Balaban J connectivity index is 1.40. The molecule has 3 heterocycles. The molecule has 1 aliphatic heterocycles. The number of aryl methyl sites for hydroxylation is 1. The van der Waals surface area contributed by atoms with E-state index in [1.165, 1.54) is 0 Å². The largest absolute Gasteiger partial charge is 0.367 e. The molecule has 1 saturated heterocycles. The topological polar surface area (TPSA) is 84.9 Å². The molecule has 2 unspecified atom stereocenters. The molecule has 7 nitrogen and oxygen atoms in total. The third kappa shape index (κ3) is 3.32. The standard InChI is InChI=1S/C19H25F2N7/c1-11-4-7-28(26-11)18-24-15(23-12-2-5-19(20,21)6-3-12)8-16(25-18)27-9-13-14(10-27)17(13)22/h4,7-8,12-14,17H,2-3,5-6,9-10,22H2,1H3,(H,23,24,25). The summed E-state index contributed by atoms with van der Waals surface area (Å²) in [4.78, 5) is 11.5. The van der Waals surface area contributed by atoms with Gasteiger partial charge in [0.1, 0.15) is 11.6 Å². The molecule has 3 aliphatic rings. The quantitative estimate of drug-likeness (QED) is 0.835. The average molecular weight is 389 g/mol. The van der Waals surface area contributed by atoms with Crippen LogP contribution in [-0.2, 0) is 0 Å². The number of hydrogen-bond donors (Lipinski definition) is 2. The molecule has 9 heteroatoms. The summed E-state index contributed by atoms with van der Waals surface area (Å²) >= 11 is 0. The van der Waals surface area contributed by atoms with Crippen LogP contribution in [0, 0.1) is 18.8 Å². The maximum Gasteiger partial charge on any atom is 0.254 e. The molecule has 0 spiro atoms. The van der Waals surface area contributed by atoms with Crippen molar-refractivity contribution in [1.29, 1.82) is 0 Å². The van der Waals surface area contributed by atoms with Gasteiger partial charge < -0.3 is 16.0 Å². The fourth-order valence-corrected chi connectivity index (χ4v) is 4.44. The summed E-state index contributed by atoms with van der Waals surface area (Å²) in [6, 6.07) is 4.13. The lowest BCUT2D eigenvalue weighted by Crippen LogP contribution is -2.33. The number of aromatic nitrogens is 4. The third-order valence-electron chi connectivity index (χ3n) is 6.28. The predicted molar refractivity (Wildman–Crippen MR) is 102 cm³/mol. The Morgan fingerprint density at radius 2 is 1.89 bits per heavy atom. The SMILES string of the molecule is Cc1ccn(-c2nc(NC3CCC(F)(F)CC3)cc(N3CC4C(N)C4C3)n2)n1. The van der Waals surface area contributed by atoms with Crippen molar-refractivity contribution in [3.05, 3.63) is 24.0 Å². The fraction of sp³-hybridized carbons (Fsp3) is 0.632. The van der Waals surface area contributed by atoms with Gasteiger partial charge in [0.15, 0.2) is 0 Å². The number of anilines is 2. The molecule has 2 aromatic rings. The monoisotopic (exact) mass is 389 g/mol. The van der Waals surface area contributed by atoms with E-state index in [-0.39, 0.29) is 18.9 Å². The fourth-order valence-electron chi connectivity index (χ4n) is 4.44. The summed E-state index contributed by atoms with van der Waals surface area (Å²) in [7, 11) is 0. The molecule has 0 amide bonds. The van der Waals surface area contributed by atoms with E-state index in [0.717, 1.165) is 24.6 Å². The molecular weight excluding hydrogens is 364 g/mol. The number of rotatable bonds is 4. The molecule has 3 N–H and O–H groups in total. The van der Waals surface area contributed by atoms with Crippen molar-refractivity contribution < 1.29 is 8.78 Å². The number of halogens is 2. The highest BCUT2D eigenvalue weighted by Crippen LogP contribution is 2.45. The van der Waals surface area contributed by atoms with Gasteiger partial charge in [0.25, 0.3) is 5.95 Å². The molecule has 2 aliphatic carbocycles. The first-order valence-corrected chi connectivity index (χ1v) is 9.95. The normalized spacial score (nSPS) is 29.0. The second kappa shape index (κ2) is 6.37. The van der Waals surface area contributed by atoms with Crippen molar-refractivity contribution in [2.24, 2.45) is 17.6 Å². The first-order chi connectivity index (χ1) is 13.4. The minimum Gasteiger partial charge on any atom is -0.367 e. The van der Waals surface area contributed by atoms with E-state index in [2.05, 4.69) is 20.3 Å². The summed E-state index contributed by atoms with van der Waals surface area (Å²) in [6.07, 6.45) is 2.54. The van der Waals surface area contributed by atoms with Crippen LogP contribution in [0.2, 0.25) is 0 Å². The van der Waals surface area contributed by atoms with E-state index < -0.39 is 5.92 Å². The van der Waals surface area contributed by atoms with Gasteiger partial charge in [-0.05, 0) is 37.7 Å². The van der Waals surface area contributed by atoms with E-state index in [4.69, 9.17) is 10.7 Å². The van der Waals surface area contributed by atoms with Gasteiger partial charge in [-0.25, -0.2) is 13.5 Å². The van der Waals surface area contributed by atoms with Crippen LogP contribution in [0.3, 0.4) is 0 Å². The Morgan fingerprint density at radius 1 is 1.18 bits per heavy atom. The van der Waals surface area contributed by atoms with Crippen LogP contribution in [0.15, 0.2) is 18.3 Å². The van der Waals surface area contributed by atoms with E-state index in [1.807, 2.05) is 25.3 Å². The highest BCUT2D eigenvalue weighted by Gasteiger charge is 2.54. The van der Waals surface area contributed by atoms with Crippen molar-refractivity contribution in [1.82, 2.24) is 19.7 Å². The van der Waals surface area contributed by atoms with Gasteiger partial charge in [-0.15, -0.1) is 0 Å². The first kappa shape index (κ1) is 17.8. The van der Waals surface area contributed by atoms with Gasteiger partial charge >= 0.3 is 0 Å². The first-order valence-electron chi connectivity index (χ1n) is 9.95. The smallest absolute Gasteiger partial charge is 0.254 e. The summed E-state index contributed by atoms with van der Waals surface area (Å²) in [5.41, 5.74) is 6.95. The van der Waals surface area contributed by atoms with Crippen LogP contribution in [0.4, 0.5) is 20.4 Å². The molecule has 0 radical (unpaired) electrons. The number of nitrogens with one attached hydrogen (secondary N) is 1.